The van der Waals surface area contributed by atoms with Crippen molar-refractivity contribution in [1.29, 1.82) is 0 Å². The van der Waals surface area contributed by atoms with Gasteiger partial charge in [-0.1, -0.05) is 12.1 Å². The van der Waals surface area contributed by atoms with E-state index < -0.39 is 0 Å². The van der Waals surface area contributed by atoms with Crippen molar-refractivity contribution in [3.8, 4) is 17.2 Å². The summed E-state index contributed by atoms with van der Waals surface area (Å²) in [6, 6.07) is 9.31. The second kappa shape index (κ2) is 8.19. The van der Waals surface area contributed by atoms with E-state index in [0.29, 0.717) is 17.2 Å². The van der Waals surface area contributed by atoms with Gasteiger partial charge >= 0.3 is 0 Å². The van der Waals surface area contributed by atoms with Crippen LogP contribution in [0.3, 0.4) is 0 Å². The zero-order valence-electron chi connectivity index (χ0n) is 13.9. The predicted molar refractivity (Wildman–Crippen MR) is 88.0 cm³/mol. The molecule has 6 heteroatoms. The predicted octanol–water partition coefficient (Wildman–Crippen LogP) is 2.71. The molecule has 0 spiro atoms. The minimum absolute atomic E-state index is 0.168. The van der Waals surface area contributed by atoms with Crippen LogP contribution in [0.25, 0.3) is 0 Å². The normalized spacial score (nSPS) is 10.2. The molecule has 0 fully saturated rings. The van der Waals surface area contributed by atoms with E-state index in [2.05, 4.69) is 5.32 Å². The third-order valence-corrected chi connectivity index (χ3v) is 3.54. The highest BCUT2D eigenvalue weighted by Gasteiger charge is 2.13. The molecule has 0 saturated carbocycles. The number of rotatable bonds is 7. The molecule has 5 nitrogen and oxygen atoms in total. The van der Waals surface area contributed by atoms with Crippen LogP contribution in [0, 0.1) is 5.82 Å². The minimum atomic E-state index is -0.325. The topological polar surface area (TPSA) is 56.8 Å². The van der Waals surface area contributed by atoms with Gasteiger partial charge in [0.1, 0.15) is 11.6 Å². The lowest BCUT2D eigenvalue weighted by Crippen LogP contribution is -2.24. The molecular weight excluding hydrogens is 313 g/mol. The number of carbonyl (C=O) groups is 1. The largest absolute Gasteiger partial charge is 0.496 e. The molecule has 0 heterocycles. The maximum Gasteiger partial charge on any atom is 0.224 e. The molecule has 2 aromatic rings. The highest BCUT2D eigenvalue weighted by Crippen LogP contribution is 2.34. The van der Waals surface area contributed by atoms with Crippen LogP contribution in [0.1, 0.15) is 11.1 Å². The molecule has 0 radical (unpaired) electrons. The summed E-state index contributed by atoms with van der Waals surface area (Å²) >= 11 is 0. The van der Waals surface area contributed by atoms with Gasteiger partial charge in [-0.15, -0.1) is 0 Å². The Labute approximate surface area is 140 Å². The summed E-state index contributed by atoms with van der Waals surface area (Å²) in [5.74, 6) is 1.21. The SMILES string of the molecule is COc1cc(OC)c(OC)cc1CNC(=O)Cc1ccc(F)cc1. The van der Waals surface area contributed by atoms with E-state index in [-0.39, 0.29) is 24.7 Å². The molecule has 0 aliphatic heterocycles. The van der Waals surface area contributed by atoms with Crippen LogP contribution in [0.15, 0.2) is 36.4 Å². The summed E-state index contributed by atoms with van der Waals surface area (Å²) in [5, 5.41) is 2.82. The average molecular weight is 333 g/mol. The Morgan fingerprint density at radius 3 is 2.12 bits per heavy atom. The number of methoxy groups -OCH3 is 3. The van der Waals surface area contributed by atoms with Crippen LogP contribution < -0.4 is 19.5 Å². The Hall–Kier alpha value is -2.76. The first kappa shape index (κ1) is 17.6. The summed E-state index contributed by atoms with van der Waals surface area (Å²) in [7, 11) is 4.63. The Bertz CT molecular complexity index is 701. The third kappa shape index (κ3) is 4.38. The van der Waals surface area contributed by atoms with E-state index in [0.717, 1.165) is 11.1 Å². The molecule has 0 aliphatic rings. The lowest BCUT2D eigenvalue weighted by atomic mass is 10.1. The second-order valence-electron chi connectivity index (χ2n) is 5.10. The van der Waals surface area contributed by atoms with Gasteiger partial charge in [0.2, 0.25) is 5.91 Å². The van der Waals surface area contributed by atoms with Gasteiger partial charge in [0.05, 0.1) is 27.8 Å². The lowest BCUT2D eigenvalue weighted by molar-refractivity contribution is -0.120. The van der Waals surface area contributed by atoms with Crippen LogP contribution in [-0.2, 0) is 17.8 Å². The Kier molecular flexibility index (Phi) is 6.01. The zero-order valence-corrected chi connectivity index (χ0v) is 13.9. The monoisotopic (exact) mass is 333 g/mol. The van der Waals surface area contributed by atoms with Crippen molar-refractivity contribution in [3.63, 3.8) is 0 Å². The van der Waals surface area contributed by atoms with Crippen molar-refractivity contribution in [2.45, 2.75) is 13.0 Å². The maximum atomic E-state index is 12.9. The number of nitrogens with one attached hydrogen (secondary N) is 1. The van der Waals surface area contributed by atoms with Gasteiger partial charge in [-0.3, -0.25) is 4.79 Å². The molecular formula is C18H20FNO4. The van der Waals surface area contributed by atoms with Crippen LogP contribution in [0.5, 0.6) is 17.2 Å². The van der Waals surface area contributed by atoms with Crippen molar-refractivity contribution >= 4 is 5.91 Å². The summed E-state index contributed by atoms with van der Waals surface area (Å²) in [4.78, 5) is 12.0. The molecule has 0 saturated heterocycles. The van der Waals surface area contributed by atoms with Crippen molar-refractivity contribution in [2.75, 3.05) is 21.3 Å². The number of hydrogen-bond donors (Lipinski definition) is 1. The van der Waals surface area contributed by atoms with Gasteiger partial charge in [-0.25, -0.2) is 4.39 Å². The zero-order chi connectivity index (χ0) is 17.5. The Morgan fingerprint density at radius 2 is 1.54 bits per heavy atom. The van der Waals surface area contributed by atoms with Crippen LogP contribution in [0.2, 0.25) is 0 Å². The Balaban J connectivity index is 2.04. The number of hydrogen-bond acceptors (Lipinski definition) is 4. The highest BCUT2D eigenvalue weighted by molar-refractivity contribution is 5.78. The van der Waals surface area contributed by atoms with E-state index >= 15 is 0 Å². The summed E-state index contributed by atoms with van der Waals surface area (Å²) in [6.07, 6.45) is 0.176. The first-order chi connectivity index (χ1) is 11.6. The molecule has 0 aliphatic carbocycles. The van der Waals surface area contributed by atoms with E-state index in [1.54, 1.807) is 45.6 Å². The fourth-order valence-electron chi connectivity index (χ4n) is 2.27. The summed E-state index contributed by atoms with van der Waals surface area (Å²) in [5.41, 5.74) is 1.51. The molecule has 2 rings (SSSR count). The number of carbonyl (C=O) groups excluding carboxylic acids is 1. The van der Waals surface area contributed by atoms with E-state index in [1.807, 2.05) is 0 Å². The Morgan fingerprint density at radius 1 is 0.958 bits per heavy atom. The first-order valence-electron chi connectivity index (χ1n) is 7.37. The molecule has 0 aromatic heterocycles. The summed E-state index contributed by atoms with van der Waals surface area (Å²) in [6.45, 7) is 0.281. The number of halogens is 1. The van der Waals surface area contributed by atoms with Crippen LogP contribution >= 0.6 is 0 Å². The fourth-order valence-corrected chi connectivity index (χ4v) is 2.27. The van der Waals surface area contributed by atoms with Gasteiger partial charge in [0.15, 0.2) is 11.5 Å². The van der Waals surface area contributed by atoms with E-state index in [9.17, 15) is 9.18 Å². The molecule has 0 bridgehead atoms. The van der Waals surface area contributed by atoms with Gasteiger partial charge < -0.3 is 19.5 Å². The molecule has 128 valence electrons. The molecule has 0 unspecified atom stereocenters. The number of amides is 1. The van der Waals surface area contributed by atoms with Crippen molar-refractivity contribution in [1.82, 2.24) is 5.32 Å². The maximum absolute atomic E-state index is 12.9. The molecule has 24 heavy (non-hydrogen) atoms. The second-order valence-corrected chi connectivity index (χ2v) is 5.10. The van der Waals surface area contributed by atoms with Gasteiger partial charge in [0, 0.05) is 18.2 Å². The quantitative estimate of drug-likeness (QED) is 0.846. The molecule has 1 amide bonds. The van der Waals surface area contributed by atoms with Gasteiger partial charge in [-0.05, 0) is 23.8 Å². The van der Waals surface area contributed by atoms with Crippen LogP contribution in [0.4, 0.5) is 4.39 Å². The first-order valence-corrected chi connectivity index (χ1v) is 7.37. The summed E-state index contributed by atoms with van der Waals surface area (Å²) < 4.78 is 28.7. The molecule has 2 aromatic carbocycles. The fraction of sp³-hybridized carbons (Fsp3) is 0.278. The van der Waals surface area contributed by atoms with Crippen molar-refractivity contribution in [3.05, 3.63) is 53.3 Å². The lowest BCUT2D eigenvalue weighted by Gasteiger charge is -2.14. The standard InChI is InChI=1S/C18H20FNO4/c1-22-15-10-17(24-3)16(23-2)9-13(15)11-20-18(21)8-12-4-6-14(19)7-5-12/h4-7,9-10H,8,11H2,1-3H3,(H,20,21). The molecule has 1 N–H and O–H groups in total. The van der Waals surface area contributed by atoms with E-state index in [4.69, 9.17) is 14.2 Å². The van der Waals surface area contributed by atoms with Gasteiger partial charge in [-0.2, -0.15) is 0 Å². The number of ether oxygens (including phenoxy) is 3. The van der Waals surface area contributed by atoms with Crippen LogP contribution in [-0.4, -0.2) is 27.2 Å². The van der Waals surface area contributed by atoms with E-state index in [1.165, 1.54) is 12.1 Å². The van der Waals surface area contributed by atoms with Crippen molar-refractivity contribution < 1.29 is 23.4 Å². The minimum Gasteiger partial charge on any atom is -0.496 e. The van der Waals surface area contributed by atoms with Gasteiger partial charge in [0.25, 0.3) is 0 Å². The third-order valence-electron chi connectivity index (χ3n) is 3.54. The smallest absolute Gasteiger partial charge is 0.224 e. The number of benzene rings is 2. The van der Waals surface area contributed by atoms with Crippen molar-refractivity contribution in [2.24, 2.45) is 0 Å². The average Bonchev–Trinajstić information content (AvgIpc) is 2.61. The highest BCUT2D eigenvalue weighted by atomic mass is 19.1. The molecule has 0 atom stereocenters.